The molecule has 4 aromatic rings. The molecule has 2 aromatic heterocycles. The fourth-order valence-corrected chi connectivity index (χ4v) is 5.26. The molecule has 0 radical (unpaired) electrons. The molecule has 37 heavy (non-hydrogen) atoms. The molecule has 5 nitrogen and oxygen atoms in total. The number of carbonyl (C=O) groups is 1. The van der Waals surface area contributed by atoms with Crippen molar-refractivity contribution in [1.82, 2.24) is 4.98 Å². The van der Waals surface area contributed by atoms with Gasteiger partial charge in [0.2, 0.25) is 0 Å². The van der Waals surface area contributed by atoms with Crippen LogP contribution < -0.4 is 34.7 Å². The standard InChI is InChI=1S/C29H28FNO4S.Na/c1-17(2)28-23(13-12-21(32)14-22(33)15-26(34)35)27(19-8-10-20(30)11-9-19)24-16-25(36-29(24)31-28)18-6-4-3-5-7-18;/h3-13,16-17,21-22,32-33H,14-15H2,1-2H3,(H,34,35);/q;+1/p-1/b13-12+;/t21-,22-;/m1./s1. The smallest absolute Gasteiger partial charge is 0.550 e. The summed E-state index contributed by atoms with van der Waals surface area (Å²) in [7, 11) is 0. The number of nitrogens with zero attached hydrogens (tertiary/aromatic N) is 1. The Bertz CT molecular complexity index is 1390. The maximum atomic E-state index is 13.8. The molecule has 2 aromatic carbocycles. The molecular weight excluding hydrogens is 500 g/mol. The predicted octanol–water partition coefficient (Wildman–Crippen LogP) is 2.16. The van der Waals surface area contributed by atoms with Crippen LogP contribution in [0.4, 0.5) is 4.39 Å². The second-order valence-corrected chi connectivity index (χ2v) is 10.1. The molecule has 0 amide bonds. The summed E-state index contributed by atoms with van der Waals surface area (Å²) in [5, 5.41) is 32.0. The van der Waals surface area contributed by atoms with Crippen LogP contribution in [-0.2, 0) is 4.79 Å². The normalized spacial score (nSPS) is 13.1. The van der Waals surface area contributed by atoms with Crippen LogP contribution >= 0.6 is 11.3 Å². The van der Waals surface area contributed by atoms with Crippen LogP contribution in [0.25, 0.3) is 37.9 Å². The Morgan fingerprint density at radius 1 is 1.08 bits per heavy atom. The number of hydrogen-bond acceptors (Lipinski definition) is 6. The minimum absolute atomic E-state index is 0. The van der Waals surface area contributed by atoms with Crippen LogP contribution in [0.3, 0.4) is 0 Å². The number of thiophene rings is 1. The average Bonchev–Trinajstić information content (AvgIpc) is 3.26. The Hall–Kier alpha value is -2.39. The monoisotopic (exact) mass is 527 g/mol. The third kappa shape index (κ3) is 7.13. The number of fused-ring (bicyclic) bond motifs is 1. The second-order valence-electron chi connectivity index (χ2n) is 9.03. The van der Waals surface area contributed by atoms with E-state index < -0.39 is 24.6 Å². The second kappa shape index (κ2) is 12.9. The molecule has 0 unspecified atom stereocenters. The number of hydrogen-bond donors (Lipinski definition) is 2. The maximum absolute atomic E-state index is 13.8. The maximum Gasteiger partial charge on any atom is 1.00 e. The number of halogens is 1. The molecule has 0 spiro atoms. The molecule has 186 valence electrons. The number of aliphatic hydroxyl groups is 2. The Kier molecular flexibility index (Phi) is 10.2. The van der Waals surface area contributed by atoms with E-state index in [9.17, 15) is 24.5 Å². The zero-order valence-electron chi connectivity index (χ0n) is 21.0. The topological polar surface area (TPSA) is 93.5 Å². The first-order valence-corrected chi connectivity index (χ1v) is 12.6. The first kappa shape index (κ1) is 29.2. The number of aliphatic carboxylic acids is 1. The fraction of sp³-hybridized carbons (Fsp3) is 0.241. The number of rotatable bonds is 9. The van der Waals surface area contributed by atoms with Gasteiger partial charge in [-0.1, -0.05) is 68.5 Å². The molecule has 0 aliphatic heterocycles. The van der Waals surface area contributed by atoms with Crippen LogP contribution in [0.15, 0.2) is 66.7 Å². The summed E-state index contributed by atoms with van der Waals surface area (Å²) in [6.45, 7) is 4.07. The van der Waals surface area contributed by atoms with Crippen molar-refractivity contribution in [3.05, 3.63) is 83.8 Å². The summed E-state index contributed by atoms with van der Waals surface area (Å²) < 4.78 is 13.8. The number of carboxylic acids is 1. The van der Waals surface area contributed by atoms with E-state index in [0.29, 0.717) is 0 Å². The van der Waals surface area contributed by atoms with Crippen LogP contribution in [0, 0.1) is 5.82 Å². The first-order valence-electron chi connectivity index (χ1n) is 11.8. The summed E-state index contributed by atoms with van der Waals surface area (Å²) in [6, 6.07) is 18.4. The summed E-state index contributed by atoms with van der Waals surface area (Å²) >= 11 is 1.59. The number of carboxylic acid groups (broad SMARTS) is 1. The molecule has 0 fully saturated rings. The minimum atomic E-state index is -1.37. The van der Waals surface area contributed by atoms with Gasteiger partial charge in [0.1, 0.15) is 10.6 Å². The SMILES string of the molecule is CC(C)c1nc2sc(-c3ccccc3)cc2c(-c2ccc(F)cc2)c1/C=C/[C@@H](O)C[C@@H](O)CC(=O)[O-].[Na+]. The van der Waals surface area contributed by atoms with E-state index in [1.54, 1.807) is 29.5 Å². The number of pyridine rings is 1. The quantitative estimate of drug-likeness (QED) is 0.326. The van der Waals surface area contributed by atoms with Gasteiger partial charge in [0.05, 0.1) is 17.9 Å². The van der Waals surface area contributed by atoms with E-state index in [0.717, 1.165) is 43.0 Å². The van der Waals surface area contributed by atoms with Gasteiger partial charge in [-0.2, -0.15) is 0 Å². The molecule has 0 bridgehead atoms. The molecule has 0 saturated carbocycles. The van der Waals surface area contributed by atoms with Crippen LogP contribution in [0.5, 0.6) is 0 Å². The van der Waals surface area contributed by atoms with Crippen molar-refractivity contribution >= 4 is 33.6 Å². The summed E-state index contributed by atoms with van der Waals surface area (Å²) in [5.74, 6) is -1.66. The van der Waals surface area contributed by atoms with Crippen molar-refractivity contribution in [1.29, 1.82) is 0 Å². The largest absolute Gasteiger partial charge is 1.00 e. The molecule has 2 heterocycles. The van der Waals surface area contributed by atoms with Gasteiger partial charge in [-0.25, -0.2) is 9.37 Å². The van der Waals surface area contributed by atoms with Crippen molar-refractivity contribution in [3.8, 4) is 21.6 Å². The number of aromatic nitrogens is 1. The van der Waals surface area contributed by atoms with E-state index in [1.807, 2.05) is 44.2 Å². The first-order chi connectivity index (χ1) is 17.2. The van der Waals surface area contributed by atoms with Gasteiger partial charge in [-0.05, 0) is 35.2 Å². The van der Waals surface area contributed by atoms with Crippen LogP contribution in [-0.4, -0.2) is 33.4 Å². The van der Waals surface area contributed by atoms with E-state index in [-0.39, 0.29) is 47.7 Å². The van der Waals surface area contributed by atoms with Crippen molar-refractivity contribution in [3.63, 3.8) is 0 Å². The molecule has 2 N–H and O–H groups in total. The molecule has 0 saturated heterocycles. The minimum Gasteiger partial charge on any atom is -0.550 e. The van der Waals surface area contributed by atoms with Gasteiger partial charge >= 0.3 is 29.6 Å². The molecular formula is C29H27FNNaO4S. The van der Waals surface area contributed by atoms with Gasteiger partial charge < -0.3 is 20.1 Å². The van der Waals surface area contributed by atoms with E-state index in [4.69, 9.17) is 4.98 Å². The van der Waals surface area contributed by atoms with E-state index in [2.05, 4.69) is 6.07 Å². The Morgan fingerprint density at radius 3 is 2.38 bits per heavy atom. The van der Waals surface area contributed by atoms with Crippen molar-refractivity contribution < 1.29 is 54.1 Å². The third-order valence-electron chi connectivity index (χ3n) is 5.89. The van der Waals surface area contributed by atoms with E-state index >= 15 is 0 Å². The van der Waals surface area contributed by atoms with Gasteiger partial charge in [0.15, 0.2) is 0 Å². The molecule has 4 rings (SSSR count). The zero-order chi connectivity index (χ0) is 25.8. The van der Waals surface area contributed by atoms with Gasteiger partial charge in [0, 0.05) is 40.2 Å². The van der Waals surface area contributed by atoms with E-state index in [1.165, 1.54) is 18.2 Å². The summed E-state index contributed by atoms with van der Waals surface area (Å²) in [4.78, 5) is 17.6. The van der Waals surface area contributed by atoms with Crippen molar-refractivity contribution in [2.75, 3.05) is 0 Å². The average molecular weight is 528 g/mol. The van der Waals surface area contributed by atoms with Crippen molar-refractivity contribution in [2.45, 2.75) is 44.8 Å². The predicted molar refractivity (Wildman–Crippen MR) is 140 cm³/mol. The third-order valence-corrected chi connectivity index (χ3v) is 6.97. The molecule has 0 aliphatic carbocycles. The molecule has 0 aliphatic rings. The van der Waals surface area contributed by atoms with Gasteiger partial charge in [0.25, 0.3) is 0 Å². The van der Waals surface area contributed by atoms with Gasteiger partial charge in [-0.3, -0.25) is 0 Å². The molecule has 8 heteroatoms. The zero-order valence-corrected chi connectivity index (χ0v) is 23.8. The number of benzene rings is 2. The van der Waals surface area contributed by atoms with Crippen LogP contribution in [0.2, 0.25) is 0 Å². The summed E-state index contributed by atoms with van der Waals surface area (Å²) in [6.07, 6.45) is 0.314. The van der Waals surface area contributed by atoms with Crippen LogP contribution in [0.1, 0.15) is 43.9 Å². The van der Waals surface area contributed by atoms with Crippen molar-refractivity contribution in [2.24, 2.45) is 0 Å². The fourth-order valence-electron chi connectivity index (χ4n) is 4.21. The number of carbonyl (C=O) groups excluding carboxylic acids is 1. The Labute approximate surface area is 241 Å². The molecule has 2 atom stereocenters. The van der Waals surface area contributed by atoms with Gasteiger partial charge in [-0.15, -0.1) is 11.3 Å². The summed E-state index contributed by atoms with van der Waals surface area (Å²) in [5.41, 5.74) is 4.37. The Morgan fingerprint density at radius 2 is 1.76 bits per heavy atom. The Balaban J connectivity index is 0.00000380. The number of aliphatic hydroxyl groups excluding tert-OH is 2.